The van der Waals surface area contributed by atoms with Crippen LogP contribution in [-0.2, 0) is 0 Å². The second-order valence-corrected chi connectivity index (χ2v) is 4.97. The summed E-state index contributed by atoms with van der Waals surface area (Å²) >= 11 is 0. The molecule has 0 bridgehead atoms. The summed E-state index contributed by atoms with van der Waals surface area (Å²) in [4.78, 5) is 0. The van der Waals surface area contributed by atoms with Crippen molar-refractivity contribution in [1.82, 2.24) is 5.32 Å². The van der Waals surface area contributed by atoms with Crippen LogP contribution in [-0.4, -0.2) is 7.05 Å². The van der Waals surface area contributed by atoms with E-state index in [9.17, 15) is 4.39 Å². The first-order chi connectivity index (χ1) is 8.08. The maximum Gasteiger partial charge on any atom is 0.123 e. The van der Waals surface area contributed by atoms with Gasteiger partial charge in [-0.25, -0.2) is 4.39 Å². The second kappa shape index (κ2) is 6.75. The van der Waals surface area contributed by atoms with Gasteiger partial charge in [0.2, 0.25) is 0 Å². The van der Waals surface area contributed by atoms with Gasteiger partial charge < -0.3 is 5.32 Å². The van der Waals surface area contributed by atoms with Gasteiger partial charge in [0.25, 0.3) is 0 Å². The summed E-state index contributed by atoms with van der Waals surface area (Å²) in [6, 6.07) is 5.41. The van der Waals surface area contributed by atoms with Crippen LogP contribution in [0.4, 0.5) is 4.39 Å². The molecule has 0 aromatic heterocycles. The Labute approximate surface area is 104 Å². The summed E-state index contributed by atoms with van der Waals surface area (Å²) < 4.78 is 13.1. The van der Waals surface area contributed by atoms with Gasteiger partial charge in [-0.1, -0.05) is 32.8 Å². The zero-order chi connectivity index (χ0) is 12.8. The number of hydrogen-bond acceptors (Lipinski definition) is 1. The number of rotatable bonds is 6. The van der Waals surface area contributed by atoms with E-state index in [4.69, 9.17) is 0 Å². The Kier molecular flexibility index (Phi) is 5.63. The molecule has 0 aliphatic carbocycles. The predicted octanol–water partition coefficient (Wildman–Crippen LogP) is 4.22. The van der Waals surface area contributed by atoms with Crippen molar-refractivity contribution in [2.75, 3.05) is 7.05 Å². The Balaban J connectivity index is 2.79. The fourth-order valence-electron chi connectivity index (χ4n) is 2.44. The summed E-state index contributed by atoms with van der Waals surface area (Å²) in [6.45, 7) is 6.48. The molecule has 0 aliphatic rings. The number of aryl methyl sites for hydroxylation is 1. The molecule has 96 valence electrons. The normalized spacial score (nSPS) is 14.6. The van der Waals surface area contributed by atoms with Crippen molar-refractivity contribution >= 4 is 0 Å². The molecule has 0 radical (unpaired) electrons. The van der Waals surface area contributed by atoms with E-state index in [2.05, 4.69) is 19.2 Å². The first-order valence-electron chi connectivity index (χ1n) is 6.51. The second-order valence-electron chi connectivity index (χ2n) is 4.97. The molecule has 0 fully saturated rings. The third-order valence-corrected chi connectivity index (χ3v) is 3.38. The number of halogens is 1. The average Bonchev–Trinajstić information content (AvgIpc) is 2.27. The molecule has 0 saturated heterocycles. The van der Waals surface area contributed by atoms with E-state index in [0.717, 1.165) is 12.0 Å². The lowest BCUT2D eigenvalue weighted by Crippen LogP contribution is -2.20. The highest BCUT2D eigenvalue weighted by molar-refractivity contribution is 5.29. The summed E-state index contributed by atoms with van der Waals surface area (Å²) in [5.74, 6) is 0.546. The van der Waals surface area contributed by atoms with Gasteiger partial charge in [-0.05, 0) is 49.6 Å². The molecule has 1 aromatic carbocycles. The fraction of sp³-hybridized carbons (Fsp3) is 0.600. The van der Waals surface area contributed by atoms with Crippen molar-refractivity contribution in [3.8, 4) is 0 Å². The van der Waals surface area contributed by atoms with E-state index in [1.807, 2.05) is 20.0 Å². The van der Waals surface area contributed by atoms with Crippen LogP contribution in [0.5, 0.6) is 0 Å². The lowest BCUT2D eigenvalue weighted by molar-refractivity contribution is 0.405. The standard InChI is InChI=1S/C15H24FN/c1-5-6-11(2)9-15(17-4)14-8-7-13(16)10-12(14)3/h7-8,10-11,15,17H,5-6,9H2,1-4H3. The lowest BCUT2D eigenvalue weighted by Gasteiger charge is -2.22. The highest BCUT2D eigenvalue weighted by Gasteiger charge is 2.15. The van der Waals surface area contributed by atoms with Gasteiger partial charge in [-0.2, -0.15) is 0 Å². The zero-order valence-electron chi connectivity index (χ0n) is 11.4. The number of hydrogen-bond donors (Lipinski definition) is 1. The molecule has 2 unspecified atom stereocenters. The van der Waals surface area contributed by atoms with Crippen LogP contribution >= 0.6 is 0 Å². The van der Waals surface area contributed by atoms with Crippen LogP contribution in [0.25, 0.3) is 0 Å². The summed E-state index contributed by atoms with van der Waals surface area (Å²) in [6.07, 6.45) is 3.58. The molecule has 2 atom stereocenters. The number of benzene rings is 1. The first kappa shape index (κ1) is 14.2. The van der Waals surface area contributed by atoms with Gasteiger partial charge in [0.05, 0.1) is 0 Å². The van der Waals surface area contributed by atoms with Crippen LogP contribution < -0.4 is 5.32 Å². The van der Waals surface area contributed by atoms with Gasteiger partial charge in [0.1, 0.15) is 5.82 Å². The van der Waals surface area contributed by atoms with Crippen LogP contribution in [0.15, 0.2) is 18.2 Å². The van der Waals surface area contributed by atoms with E-state index in [1.54, 1.807) is 12.1 Å². The molecule has 0 amide bonds. The molecule has 0 spiro atoms. The van der Waals surface area contributed by atoms with Crippen LogP contribution in [0.1, 0.15) is 50.3 Å². The summed E-state index contributed by atoms with van der Waals surface area (Å²) in [5.41, 5.74) is 2.25. The zero-order valence-corrected chi connectivity index (χ0v) is 11.4. The van der Waals surface area contributed by atoms with E-state index in [1.165, 1.54) is 18.4 Å². The van der Waals surface area contributed by atoms with Crippen molar-refractivity contribution in [3.63, 3.8) is 0 Å². The summed E-state index contributed by atoms with van der Waals surface area (Å²) in [5, 5.41) is 3.35. The Morgan fingerprint density at radius 2 is 2.06 bits per heavy atom. The molecule has 0 saturated carbocycles. The maximum absolute atomic E-state index is 13.1. The van der Waals surface area contributed by atoms with Crippen LogP contribution in [0.3, 0.4) is 0 Å². The van der Waals surface area contributed by atoms with Gasteiger partial charge in [-0.15, -0.1) is 0 Å². The molecular weight excluding hydrogens is 213 g/mol. The smallest absolute Gasteiger partial charge is 0.123 e. The molecule has 1 rings (SSSR count). The molecule has 17 heavy (non-hydrogen) atoms. The fourth-order valence-corrected chi connectivity index (χ4v) is 2.44. The SMILES string of the molecule is CCCC(C)CC(NC)c1ccc(F)cc1C. The molecule has 0 aliphatic heterocycles. The first-order valence-corrected chi connectivity index (χ1v) is 6.51. The Bertz CT molecular complexity index is 349. The minimum absolute atomic E-state index is 0.150. The monoisotopic (exact) mass is 237 g/mol. The molecule has 2 heteroatoms. The minimum atomic E-state index is -0.150. The van der Waals surface area contributed by atoms with Crippen LogP contribution in [0.2, 0.25) is 0 Å². The van der Waals surface area contributed by atoms with Crippen molar-refractivity contribution < 1.29 is 4.39 Å². The largest absolute Gasteiger partial charge is 0.313 e. The summed E-state index contributed by atoms with van der Waals surface area (Å²) in [7, 11) is 1.98. The Morgan fingerprint density at radius 3 is 2.59 bits per heavy atom. The number of nitrogens with one attached hydrogen (secondary N) is 1. The highest BCUT2D eigenvalue weighted by atomic mass is 19.1. The predicted molar refractivity (Wildman–Crippen MR) is 71.6 cm³/mol. The van der Waals surface area contributed by atoms with Crippen molar-refractivity contribution in [1.29, 1.82) is 0 Å². The molecule has 1 aromatic rings. The minimum Gasteiger partial charge on any atom is -0.313 e. The van der Waals surface area contributed by atoms with Gasteiger partial charge in [0.15, 0.2) is 0 Å². The molecule has 1 nitrogen and oxygen atoms in total. The van der Waals surface area contributed by atoms with E-state index in [-0.39, 0.29) is 5.82 Å². The van der Waals surface area contributed by atoms with E-state index >= 15 is 0 Å². The lowest BCUT2D eigenvalue weighted by atomic mass is 9.91. The Morgan fingerprint density at radius 1 is 1.35 bits per heavy atom. The molecular formula is C15H24FN. The van der Waals surface area contributed by atoms with Gasteiger partial charge in [-0.3, -0.25) is 0 Å². The molecule has 0 heterocycles. The third-order valence-electron chi connectivity index (χ3n) is 3.38. The van der Waals surface area contributed by atoms with E-state index < -0.39 is 0 Å². The average molecular weight is 237 g/mol. The highest BCUT2D eigenvalue weighted by Crippen LogP contribution is 2.26. The third kappa shape index (κ3) is 4.12. The van der Waals surface area contributed by atoms with Gasteiger partial charge in [0, 0.05) is 6.04 Å². The Hall–Kier alpha value is -0.890. The molecule has 1 N–H and O–H groups in total. The topological polar surface area (TPSA) is 12.0 Å². The van der Waals surface area contributed by atoms with Gasteiger partial charge >= 0.3 is 0 Å². The van der Waals surface area contributed by atoms with Crippen LogP contribution in [0, 0.1) is 18.7 Å². The van der Waals surface area contributed by atoms with Crippen molar-refractivity contribution in [3.05, 3.63) is 35.1 Å². The quantitative estimate of drug-likeness (QED) is 0.781. The maximum atomic E-state index is 13.1. The van der Waals surface area contributed by atoms with Crippen molar-refractivity contribution in [2.45, 2.75) is 46.1 Å². The van der Waals surface area contributed by atoms with E-state index in [0.29, 0.717) is 12.0 Å². The van der Waals surface area contributed by atoms with Crippen molar-refractivity contribution in [2.24, 2.45) is 5.92 Å².